The highest BCUT2D eigenvalue weighted by Gasteiger charge is 2.18. The standard InChI is InChI=1S/C12H13Cl2N3O/c1-6(2)10(15)11-16-12(18-17-11)7-3-8(13)5-9(14)4-7/h3-6,10H,15H2,1-2H3. The molecule has 1 atom stereocenters. The SMILES string of the molecule is CC(C)C(N)c1noc(-c2cc(Cl)cc(Cl)c2)n1. The van der Waals surface area contributed by atoms with Crippen LogP contribution >= 0.6 is 23.2 Å². The van der Waals surface area contributed by atoms with E-state index in [2.05, 4.69) is 10.1 Å². The minimum atomic E-state index is -0.253. The Morgan fingerprint density at radius 1 is 1.17 bits per heavy atom. The van der Waals surface area contributed by atoms with Gasteiger partial charge in [-0.1, -0.05) is 42.2 Å². The third kappa shape index (κ3) is 2.83. The molecule has 2 N–H and O–H groups in total. The molecule has 0 aliphatic carbocycles. The number of nitrogens with zero attached hydrogens (tertiary/aromatic N) is 2. The summed E-state index contributed by atoms with van der Waals surface area (Å²) in [7, 11) is 0. The van der Waals surface area contributed by atoms with E-state index in [0.29, 0.717) is 27.3 Å². The van der Waals surface area contributed by atoms with Crippen molar-refractivity contribution in [1.82, 2.24) is 10.1 Å². The van der Waals surface area contributed by atoms with Crippen molar-refractivity contribution in [3.05, 3.63) is 34.1 Å². The molecule has 0 saturated heterocycles. The highest BCUT2D eigenvalue weighted by Crippen LogP contribution is 2.27. The first-order valence-corrected chi connectivity index (χ1v) is 6.28. The summed E-state index contributed by atoms with van der Waals surface area (Å²) in [6, 6.07) is 4.82. The summed E-state index contributed by atoms with van der Waals surface area (Å²) in [6.45, 7) is 3.99. The van der Waals surface area contributed by atoms with Crippen LogP contribution in [0.15, 0.2) is 22.7 Å². The molecule has 18 heavy (non-hydrogen) atoms. The first kappa shape index (κ1) is 13.3. The Morgan fingerprint density at radius 3 is 2.33 bits per heavy atom. The second-order valence-corrected chi connectivity index (χ2v) is 5.26. The minimum Gasteiger partial charge on any atom is -0.334 e. The molecule has 0 amide bonds. The van der Waals surface area contributed by atoms with Crippen molar-refractivity contribution in [1.29, 1.82) is 0 Å². The zero-order valence-electron chi connectivity index (χ0n) is 10.0. The molecule has 0 aliphatic heterocycles. The Kier molecular flexibility index (Phi) is 3.90. The lowest BCUT2D eigenvalue weighted by atomic mass is 10.1. The largest absolute Gasteiger partial charge is 0.334 e. The lowest BCUT2D eigenvalue weighted by molar-refractivity contribution is 0.400. The quantitative estimate of drug-likeness (QED) is 0.934. The van der Waals surface area contributed by atoms with Crippen molar-refractivity contribution in [3.63, 3.8) is 0 Å². The number of hydrogen-bond donors (Lipinski definition) is 1. The third-order valence-corrected chi connectivity index (χ3v) is 3.00. The molecule has 1 unspecified atom stereocenters. The highest BCUT2D eigenvalue weighted by atomic mass is 35.5. The van der Waals surface area contributed by atoms with Gasteiger partial charge in [0, 0.05) is 15.6 Å². The summed E-state index contributed by atoms with van der Waals surface area (Å²) < 4.78 is 5.17. The Bertz CT molecular complexity index is 534. The van der Waals surface area contributed by atoms with Crippen molar-refractivity contribution < 1.29 is 4.52 Å². The Labute approximate surface area is 115 Å². The van der Waals surface area contributed by atoms with Gasteiger partial charge in [0.15, 0.2) is 5.82 Å². The molecule has 0 radical (unpaired) electrons. The van der Waals surface area contributed by atoms with Gasteiger partial charge in [-0.3, -0.25) is 0 Å². The Hall–Kier alpha value is -1.10. The van der Waals surface area contributed by atoms with Crippen LogP contribution in [0.5, 0.6) is 0 Å². The summed E-state index contributed by atoms with van der Waals surface area (Å²) >= 11 is 11.8. The second kappa shape index (κ2) is 5.26. The number of nitrogens with two attached hydrogens (primary N) is 1. The molecular weight excluding hydrogens is 273 g/mol. The Balaban J connectivity index is 2.35. The van der Waals surface area contributed by atoms with Gasteiger partial charge in [-0.2, -0.15) is 4.98 Å². The molecule has 2 aromatic rings. The molecule has 0 fully saturated rings. The minimum absolute atomic E-state index is 0.235. The first-order valence-electron chi connectivity index (χ1n) is 5.53. The van der Waals surface area contributed by atoms with Gasteiger partial charge in [0.1, 0.15) is 0 Å². The molecule has 0 bridgehead atoms. The lowest BCUT2D eigenvalue weighted by Gasteiger charge is -2.09. The molecule has 6 heteroatoms. The smallest absolute Gasteiger partial charge is 0.258 e. The summed E-state index contributed by atoms with van der Waals surface area (Å²) in [5.41, 5.74) is 6.63. The highest BCUT2D eigenvalue weighted by molar-refractivity contribution is 6.35. The number of aromatic nitrogens is 2. The molecule has 96 valence electrons. The fraction of sp³-hybridized carbons (Fsp3) is 0.333. The summed E-state index contributed by atoms with van der Waals surface area (Å²) in [4.78, 5) is 4.26. The van der Waals surface area contributed by atoms with Crippen LogP contribution in [0.25, 0.3) is 11.5 Å². The molecule has 1 aromatic carbocycles. The molecule has 1 heterocycles. The molecule has 0 aliphatic rings. The van der Waals surface area contributed by atoms with Crippen molar-refractivity contribution in [3.8, 4) is 11.5 Å². The van der Waals surface area contributed by atoms with Crippen LogP contribution in [0.4, 0.5) is 0 Å². The summed E-state index contributed by atoms with van der Waals surface area (Å²) in [5.74, 6) is 1.08. The van der Waals surface area contributed by atoms with Crippen LogP contribution < -0.4 is 5.73 Å². The predicted molar refractivity (Wildman–Crippen MR) is 71.5 cm³/mol. The van der Waals surface area contributed by atoms with E-state index in [-0.39, 0.29) is 12.0 Å². The van der Waals surface area contributed by atoms with E-state index in [1.807, 2.05) is 13.8 Å². The van der Waals surface area contributed by atoms with E-state index in [4.69, 9.17) is 33.5 Å². The number of rotatable bonds is 3. The van der Waals surface area contributed by atoms with E-state index in [1.165, 1.54) is 0 Å². The Morgan fingerprint density at radius 2 is 1.78 bits per heavy atom. The van der Waals surface area contributed by atoms with Crippen LogP contribution in [0.3, 0.4) is 0 Å². The maximum atomic E-state index is 5.95. The van der Waals surface area contributed by atoms with Gasteiger partial charge >= 0.3 is 0 Å². The van der Waals surface area contributed by atoms with E-state index >= 15 is 0 Å². The number of halogens is 2. The van der Waals surface area contributed by atoms with Crippen LogP contribution in [0.2, 0.25) is 10.0 Å². The van der Waals surface area contributed by atoms with Gasteiger partial charge in [-0.15, -0.1) is 0 Å². The molecule has 2 rings (SSSR count). The fourth-order valence-electron chi connectivity index (χ4n) is 1.46. The second-order valence-electron chi connectivity index (χ2n) is 4.39. The molecule has 0 saturated carbocycles. The summed E-state index contributed by atoms with van der Waals surface area (Å²) in [5, 5.41) is 4.91. The topological polar surface area (TPSA) is 64.9 Å². The molecule has 0 spiro atoms. The van der Waals surface area contributed by atoms with E-state index < -0.39 is 0 Å². The maximum absolute atomic E-state index is 5.95. The fourth-order valence-corrected chi connectivity index (χ4v) is 1.99. The summed E-state index contributed by atoms with van der Waals surface area (Å²) in [6.07, 6.45) is 0. The number of hydrogen-bond acceptors (Lipinski definition) is 4. The average Bonchev–Trinajstić information content (AvgIpc) is 2.75. The van der Waals surface area contributed by atoms with Gasteiger partial charge in [0.2, 0.25) is 0 Å². The normalized spacial score (nSPS) is 13.0. The van der Waals surface area contributed by atoms with Gasteiger partial charge < -0.3 is 10.3 Å². The zero-order valence-corrected chi connectivity index (χ0v) is 11.5. The molecule has 4 nitrogen and oxygen atoms in total. The third-order valence-electron chi connectivity index (χ3n) is 2.57. The van der Waals surface area contributed by atoms with Crippen molar-refractivity contribution in [2.24, 2.45) is 11.7 Å². The van der Waals surface area contributed by atoms with Crippen LogP contribution in [-0.4, -0.2) is 10.1 Å². The van der Waals surface area contributed by atoms with E-state index in [9.17, 15) is 0 Å². The number of benzene rings is 1. The van der Waals surface area contributed by atoms with E-state index in [1.54, 1.807) is 18.2 Å². The van der Waals surface area contributed by atoms with Gasteiger partial charge in [-0.25, -0.2) is 0 Å². The van der Waals surface area contributed by atoms with Crippen LogP contribution in [-0.2, 0) is 0 Å². The van der Waals surface area contributed by atoms with Gasteiger partial charge in [-0.05, 0) is 24.1 Å². The van der Waals surface area contributed by atoms with Crippen molar-refractivity contribution >= 4 is 23.2 Å². The lowest BCUT2D eigenvalue weighted by Crippen LogP contribution is -2.18. The first-order chi connectivity index (χ1) is 8.47. The molecular formula is C12H13Cl2N3O. The van der Waals surface area contributed by atoms with E-state index in [0.717, 1.165) is 0 Å². The predicted octanol–water partition coefficient (Wildman–Crippen LogP) is 3.70. The zero-order chi connectivity index (χ0) is 13.3. The van der Waals surface area contributed by atoms with Crippen LogP contribution in [0.1, 0.15) is 25.7 Å². The molecule has 1 aromatic heterocycles. The average molecular weight is 286 g/mol. The monoisotopic (exact) mass is 285 g/mol. The van der Waals surface area contributed by atoms with Gasteiger partial charge in [0.05, 0.1) is 6.04 Å². The van der Waals surface area contributed by atoms with Crippen molar-refractivity contribution in [2.45, 2.75) is 19.9 Å². The maximum Gasteiger partial charge on any atom is 0.258 e. The van der Waals surface area contributed by atoms with Gasteiger partial charge in [0.25, 0.3) is 5.89 Å². The van der Waals surface area contributed by atoms with Crippen LogP contribution in [0, 0.1) is 5.92 Å². The van der Waals surface area contributed by atoms with Crippen molar-refractivity contribution in [2.75, 3.05) is 0 Å².